The van der Waals surface area contributed by atoms with Crippen LogP contribution in [0.4, 0.5) is 0 Å². The van der Waals surface area contributed by atoms with Crippen molar-refractivity contribution >= 4 is 0 Å². The van der Waals surface area contributed by atoms with Crippen molar-refractivity contribution in [2.24, 2.45) is 28.6 Å². The standard InChI is InChI=1S/C32H48O6/c1-19-26(33)28(36-4)27(34)29(37-19)38-22-12-15-30(2)21(18-22)10-11-25-24(30)13-16-31(3)23(14-17-32(25,31)35)20-8-6-5-7-9-20/h5-9,19,21-29,33-35H,10-18H2,1-4H3/t19-,21+,22-,23+,24-,25+,26-,27-,28+,29-,30-,31+,32-/m0/s1. The number of aliphatic hydroxyl groups excluding tert-OH is 2. The third-order valence-electron chi connectivity index (χ3n) is 12.4. The number of aliphatic hydroxyl groups is 3. The van der Waals surface area contributed by atoms with Gasteiger partial charge in [0.15, 0.2) is 6.29 Å². The summed E-state index contributed by atoms with van der Waals surface area (Å²) >= 11 is 0. The molecule has 212 valence electrons. The summed E-state index contributed by atoms with van der Waals surface area (Å²) in [4.78, 5) is 0. The Balaban J connectivity index is 1.16. The maximum atomic E-state index is 12.5. The van der Waals surface area contributed by atoms with Crippen molar-refractivity contribution in [1.29, 1.82) is 0 Å². The van der Waals surface area contributed by atoms with Gasteiger partial charge in [0.2, 0.25) is 0 Å². The second kappa shape index (κ2) is 9.81. The molecule has 1 aromatic rings. The lowest BCUT2D eigenvalue weighted by atomic mass is 9.43. The first-order valence-corrected chi connectivity index (χ1v) is 15.1. The summed E-state index contributed by atoms with van der Waals surface area (Å²) in [5.41, 5.74) is 0.942. The van der Waals surface area contributed by atoms with Gasteiger partial charge in [-0.2, -0.15) is 0 Å². The Morgan fingerprint density at radius 2 is 1.66 bits per heavy atom. The van der Waals surface area contributed by atoms with Gasteiger partial charge in [0.25, 0.3) is 0 Å². The van der Waals surface area contributed by atoms with E-state index in [1.165, 1.54) is 19.1 Å². The molecule has 4 saturated carbocycles. The summed E-state index contributed by atoms with van der Waals surface area (Å²) in [6.45, 7) is 6.67. The average Bonchev–Trinajstić information content (AvgIpc) is 3.19. The molecule has 38 heavy (non-hydrogen) atoms. The van der Waals surface area contributed by atoms with E-state index in [1.807, 2.05) is 0 Å². The van der Waals surface area contributed by atoms with Crippen molar-refractivity contribution in [3.63, 3.8) is 0 Å². The quantitative estimate of drug-likeness (QED) is 0.487. The number of ether oxygens (including phenoxy) is 3. The fourth-order valence-electron chi connectivity index (χ4n) is 10.1. The second-order valence-corrected chi connectivity index (χ2v) is 13.8. The van der Waals surface area contributed by atoms with E-state index in [0.29, 0.717) is 23.7 Å². The zero-order chi connectivity index (χ0) is 26.9. The molecule has 13 atom stereocenters. The first-order chi connectivity index (χ1) is 18.1. The topological polar surface area (TPSA) is 88.4 Å². The highest BCUT2D eigenvalue weighted by Crippen LogP contribution is 2.70. The van der Waals surface area contributed by atoms with E-state index in [0.717, 1.165) is 51.4 Å². The molecule has 6 nitrogen and oxygen atoms in total. The van der Waals surface area contributed by atoms with Crippen LogP contribution in [0.3, 0.4) is 0 Å². The number of methoxy groups -OCH3 is 1. The van der Waals surface area contributed by atoms with E-state index in [9.17, 15) is 15.3 Å². The van der Waals surface area contributed by atoms with Gasteiger partial charge >= 0.3 is 0 Å². The summed E-state index contributed by atoms with van der Waals surface area (Å²) in [5.74, 6) is 1.88. The highest BCUT2D eigenvalue weighted by atomic mass is 16.7. The van der Waals surface area contributed by atoms with Crippen LogP contribution in [-0.2, 0) is 14.2 Å². The normalized spacial score (nSPS) is 52.6. The minimum absolute atomic E-state index is 0.0232. The van der Waals surface area contributed by atoms with Crippen LogP contribution in [0.1, 0.15) is 90.0 Å². The molecule has 1 saturated heterocycles. The zero-order valence-corrected chi connectivity index (χ0v) is 23.6. The van der Waals surface area contributed by atoms with Gasteiger partial charge < -0.3 is 29.5 Å². The van der Waals surface area contributed by atoms with E-state index < -0.39 is 36.3 Å². The molecule has 6 rings (SSSR count). The predicted molar refractivity (Wildman–Crippen MR) is 144 cm³/mol. The van der Waals surface area contributed by atoms with Gasteiger partial charge in [-0.15, -0.1) is 0 Å². The molecule has 1 aliphatic heterocycles. The molecule has 0 bridgehead atoms. The van der Waals surface area contributed by atoms with Crippen LogP contribution in [0.5, 0.6) is 0 Å². The molecule has 0 amide bonds. The lowest BCUT2D eigenvalue weighted by molar-refractivity contribution is -0.313. The fraction of sp³-hybridized carbons (Fsp3) is 0.812. The number of fused-ring (bicyclic) bond motifs is 5. The molecule has 5 aliphatic rings. The highest BCUT2D eigenvalue weighted by Gasteiger charge is 2.67. The van der Waals surface area contributed by atoms with Gasteiger partial charge in [0, 0.05) is 12.5 Å². The Morgan fingerprint density at radius 1 is 0.895 bits per heavy atom. The molecule has 1 aromatic carbocycles. The molecule has 0 unspecified atom stereocenters. The summed E-state index contributed by atoms with van der Waals surface area (Å²) in [6.07, 6.45) is 5.64. The minimum Gasteiger partial charge on any atom is -0.389 e. The number of benzene rings is 1. The SMILES string of the molecule is CO[C@H]1[C@H](O)[C@H](O[C@H]2CC[C@@]3(C)[C@H](CC[C@@H]4[C@@H]3CC[C@]3(C)[C@@H](c5ccccc5)CC[C@]43O)C2)O[C@@H](C)[C@@H]1O. The van der Waals surface area contributed by atoms with Gasteiger partial charge in [0.1, 0.15) is 18.3 Å². The number of hydrogen-bond donors (Lipinski definition) is 3. The molecule has 6 heteroatoms. The van der Waals surface area contributed by atoms with E-state index in [4.69, 9.17) is 14.2 Å². The van der Waals surface area contributed by atoms with Crippen LogP contribution in [-0.4, -0.2) is 64.8 Å². The number of rotatable bonds is 4. The monoisotopic (exact) mass is 528 g/mol. The molecule has 0 spiro atoms. The van der Waals surface area contributed by atoms with Gasteiger partial charge in [-0.05, 0) is 99.4 Å². The maximum absolute atomic E-state index is 12.5. The van der Waals surface area contributed by atoms with Crippen LogP contribution < -0.4 is 0 Å². The fourth-order valence-corrected chi connectivity index (χ4v) is 10.1. The van der Waals surface area contributed by atoms with Gasteiger partial charge in [-0.25, -0.2) is 0 Å². The second-order valence-electron chi connectivity index (χ2n) is 13.8. The van der Waals surface area contributed by atoms with Crippen molar-refractivity contribution in [1.82, 2.24) is 0 Å². The van der Waals surface area contributed by atoms with E-state index in [-0.39, 0.29) is 16.9 Å². The van der Waals surface area contributed by atoms with E-state index >= 15 is 0 Å². The summed E-state index contributed by atoms with van der Waals surface area (Å²) in [7, 11) is 1.51. The Labute approximate surface area is 228 Å². The third-order valence-corrected chi connectivity index (χ3v) is 12.4. The van der Waals surface area contributed by atoms with Gasteiger partial charge in [-0.3, -0.25) is 0 Å². The molecule has 0 aromatic heterocycles. The molecular weight excluding hydrogens is 480 g/mol. The summed E-state index contributed by atoms with van der Waals surface area (Å²) in [5, 5.41) is 33.6. The van der Waals surface area contributed by atoms with Crippen LogP contribution in [0.25, 0.3) is 0 Å². The third kappa shape index (κ3) is 3.96. The summed E-state index contributed by atoms with van der Waals surface area (Å²) in [6, 6.07) is 10.9. The Morgan fingerprint density at radius 3 is 2.39 bits per heavy atom. The van der Waals surface area contributed by atoms with Crippen LogP contribution >= 0.6 is 0 Å². The van der Waals surface area contributed by atoms with E-state index in [2.05, 4.69) is 44.2 Å². The number of hydrogen-bond acceptors (Lipinski definition) is 6. The lowest BCUT2D eigenvalue weighted by Gasteiger charge is -2.64. The van der Waals surface area contributed by atoms with Crippen LogP contribution in [0, 0.1) is 28.6 Å². The zero-order valence-electron chi connectivity index (χ0n) is 23.6. The van der Waals surface area contributed by atoms with Crippen molar-refractivity contribution in [2.45, 2.75) is 127 Å². The van der Waals surface area contributed by atoms with Crippen molar-refractivity contribution < 1.29 is 29.5 Å². The first-order valence-electron chi connectivity index (χ1n) is 15.1. The van der Waals surface area contributed by atoms with Crippen LogP contribution in [0.2, 0.25) is 0 Å². The molecule has 3 N–H and O–H groups in total. The van der Waals surface area contributed by atoms with Crippen molar-refractivity contribution in [3.8, 4) is 0 Å². The smallest absolute Gasteiger partial charge is 0.186 e. The Bertz CT molecular complexity index is 987. The predicted octanol–water partition coefficient (Wildman–Crippen LogP) is 4.79. The molecule has 0 radical (unpaired) electrons. The largest absolute Gasteiger partial charge is 0.389 e. The first kappa shape index (κ1) is 27.2. The van der Waals surface area contributed by atoms with Gasteiger partial charge in [0.05, 0.1) is 17.8 Å². The average molecular weight is 529 g/mol. The Hall–Kier alpha value is -1.02. The van der Waals surface area contributed by atoms with Crippen molar-refractivity contribution in [2.75, 3.05) is 7.11 Å². The molecule has 5 fully saturated rings. The van der Waals surface area contributed by atoms with E-state index in [1.54, 1.807) is 6.92 Å². The highest BCUT2D eigenvalue weighted by molar-refractivity contribution is 5.29. The molecular formula is C32H48O6. The van der Waals surface area contributed by atoms with Crippen molar-refractivity contribution in [3.05, 3.63) is 35.9 Å². The molecule has 1 heterocycles. The minimum atomic E-state index is -1.01. The Kier molecular flexibility index (Phi) is 7.02. The lowest BCUT2D eigenvalue weighted by Crippen LogP contribution is -2.62. The molecule has 4 aliphatic carbocycles. The van der Waals surface area contributed by atoms with Crippen LogP contribution in [0.15, 0.2) is 30.3 Å². The maximum Gasteiger partial charge on any atom is 0.186 e. The summed E-state index contributed by atoms with van der Waals surface area (Å²) < 4.78 is 17.6. The van der Waals surface area contributed by atoms with Gasteiger partial charge in [-0.1, -0.05) is 44.2 Å².